The first-order chi connectivity index (χ1) is 9.93. The number of amides is 2. The Morgan fingerprint density at radius 3 is 2.67 bits per heavy atom. The first-order valence-electron chi connectivity index (χ1n) is 6.86. The highest BCUT2D eigenvalue weighted by atomic mass is 16.4. The molecule has 1 heterocycles. The van der Waals surface area contributed by atoms with E-state index in [1.165, 1.54) is 4.90 Å². The van der Waals surface area contributed by atoms with Gasteiger partial charge in [0.1, 0.15) is 0 Å². The maximum absolute atomic E-state index is 11.9. The van der Waals surface area contributed by atoms with Crippen LogP contribution in [-0.4, -0.2) is 36.0 Å². The molecule has 1 atom stereocenters. The number of hydrogen-bond acceptors (Lipinski definition) is 3. The Morgan fingerprint density at radius 2 is 2.14 bits per heavy atom. The van der Waals surface area contributed by atoms with E-state index in [9.17, 15) is 14.4 Å². The molecule has 1 unspecified atom stereocenters. The first kappa shape index (κ1) is 15.0. The van der Waals surface area contributed by atoms with Gasteiger partial charge in [-0.15, -0.1) is 0 Å². The van der Waals surface area contributed by atoms with Crippen LogP contribution in [0.4, 0.5) is 5.69 Å². The largest absolute Gasteiger partial charge is 0.481 e. The van der Waals surface area contributed by atoms with Gasteiger partial charge in [-0.1, -0.05) is 0 Å². The molecule has 0 aliphatic carbocycles. The predicted molar refractivity (Wildman–Crippen MR) is 77.3 cm³/mol. The standard InChI is InChI=1S/C15H18N2O4/c1-3-16-14(19)10-4-5-12(9(2)6-10)17-8-11(15(20)21)7-13(17)18/h4-6,11H,3,7-8H2,1-2H3,(H,16,19)(H,20,21). The first-order valence-corrected chi connectivity index (χ1v) is 6.86. The highest BCUT2D eigenvalue weighted by molar-refractivity contribution is 6.01. The molecule has 2 amide bonds. The van der Waals surface area contributed by atoms with Crippen LogP contribution in [0.5, 0.6) is 0 Å². The zero-order valence-corrected chi connectivity index (χ0v) is 12.0. The van der Waals surface area contributed by atoms with Crippen LogP contribution in [0.25, 0.3) is 0 Å². The van der Waals surface area contributed by atoms with Crippen molar-refractivity contribution in [2.45, 2.75) is 20.3 Å². The Balaban J connectivity index is 2.24. The fourth-order valence-corrected chi connectivity index (χ4v) is 2.47. The molecule has 0 bridgehead atoms. The number of aryl methyl sites for hydroxylation is 1. The van der Waals surface area contributed by atoms with E-state index in [1.54, 1.807) is 25.1 Å². The minimum atomic E-state index is -0.956. The average molecular weight is 290 g/mol. The van der Waals surface area contributed by atoms with Crippen LogP contribution in [0, 0.1) is 12.8 Å². The molecule has 112 valence electrons. The van der Waals surface area contributed by atoms with Gasteiger partial charge in [-0.2, -0.15) is 0 Å². The summed E-state index contributed by atoms with van der Waals surface area (Å²) >= 11 is 0. The van der Waals surface area contributed by atoms with E-state index in [0.29, 0.717) is 17.8 Å². The smallest absolute Gasteiger partial charge is 0.308 e. The number of hydrogen-bond donors (Lipinski definition) is 2. The average Bonchev–Trinajstić information content (AvgIpc) is 2.81. The second-order valence-corrected chi connectivity index (χ2v) is 5.10. The Kier molecular flexibility index (Phi) is 4.26. The summed E-state index contributed by atoms with van der Waals surface area (Å²) in [6, 6.07) is 5.05. The van der Waals surface area contributed by atoms with Crippen molar-refractivity contribution in [2.24, 2.45) is 5.92 Å². The zero-order valence-electron chi connectivity index (χ0n) is 12.0. The molecule has 1 fully saturated rings. The summed E-state index contributed by atoms with van der Waals surface area (Å²) in [6.45, 7) is 4.37. The van der Waals surface area contributed by atoms with E-state index in [2.05, 4.69) is 5.32 Å². The lowest BCUT2D eigenvalue weighted by Gasteiger charge is -2.19. The number of carbonyl (C=O) groups excluding carboxylic acids is 2. The van der Waals surface area contributed by atoms with Gasteiger partial charge in [0.15, 0.2) is 0 Å². The van der Waals surface area contributed by atoms with Crippen molar-refractivity contribution in [3.05, 3.63) is 29.3 Å². The van der Waals surface area contributed by atoms with Crippen LogP contribution in [0.1, 0.15) is 29.3 Å². The minimum Gasteiger partial charge on any atom is -0.481 e. The fourth-order valence-electron chi connectivity index (χ4n) is 2.47. The molecule has 1 saturated heterocycles. The van der Waals surface area contributed by atoms with Crippen molar-refractivity contribution in [2.75, 3.05) is 18.0 Å². The molecule has 0 radical (unpaired) electrons. The quantitative estimate of drug-likeness (QED) is 0.872. The molecule has 2 rings (SSSR count). The van der Waals surface area contributed by atoms with Crippen molar-refractivity contribution in [3.63, 3.8) is 0 Å². The van der Waals surface area contributed by atoms with Gasteiger partial charge in [0.05, 0.1) is 5.92 Å². The molecule has 6 nitrogen and oxygen atoms in total. The van der Waals surface area contributed by atoms with Gasteiger partial charge in [-0.25, -0.2) is 0 Å². The lowest BCUT2D eigenvalue weighted by Crippen LogP contribution is -2.27. The van der Waals surface area contributed by atoms with Gasteiger partial charge in [0.2, 0.25) is 5.91 Å². The van der Waals surface area contributed by atoms with Gasteiger partial charge in [0.25, 0.3) is 5.91 Å². The van der Waals surface area contributed by atoms with Crippen LogP contribution in [-0.2, 0) is 9.59 Å². The van der Waals surface area contributed by atoms with E-state index >= 15 is 0 Å². The van der Waals surface area contributed by atoms with Gasteiger partial charge in [-0.3, -0.25) is 14.4 Å². The summed E-state index contributed by atoms with van der Waals surface area (Å²) in [6.07, 6.45) is 0.0207. The molecule has 1 aromatic rings. The molecule has 21 heavy (non-hydrogen) atoms. The molecule has 0 aromatic heterocycles. The number of anilines is 1. The predicted octanol–water partition coefficient (Wildman–Crippen LogP) is 1.18. The third-order valence-electron chi connectivity index (χ3n) is 3.56. The van der Waals surface area contributed by atoms with Crippen molar-refractivity contribution in [3.8, 4) is 0 Å². The molecule has 1 aliphatic heterocycles. The van der Waals surface area contributed by atoms with Crippen molar-refractivity contribution >= 4 is 23.5 Å². The number of carbonyl (C=O) groups is 3. The molecule has 6 heteroatoms. The summed E-state index contributed by atoms with van der Waals surface area (Å²) in [7, 11) is 0. The summed E-state index contributed by atoms with van der Waals surface area (Å²) in [5.74, 6) is -1.98. The third-order valence-corrected chi connectivity index (χ3v) is 3.56. The van der Waals surface area contributed by atoms with Crippen LogP contribution in [0.15, 0.2) is 18.2 Å². The Bertz CT molecular complexity index is 597. The fraction of sp³-hybridized carbons (Fsp3) is 0.400. The molecule has 1 aliphatic rings. The highest BCUT2D eigenvalue weighted by Crippen LogP contribution is 2.28. The van der Waals surface area contributed by atoms with Gasteiger partial charge in [0, 0.05) is 30.8 Å². The lowest BCUT2D eigenvalue weighted by atomic mass is 10.1. The summed E-state index contributed by atoms with van der Waals surface area (Å²) in [5.41, 5.74) is 1.97. The van der Waals surface area contributed by atoms with E-state index in [0.717, 1.165) is 5.56 Å². The van der Waals surface area contributed by atoms with Crippen LogP contribution < -0.4 is 10.2 Å². The molecule has 0 spiro atoms. The minimum absolute atomic E-state index is 0.0207. The monoisotopic (exact) mass is 290 g/mol. The van der Waals surface area contributed by atoms with Crippen molar-refractivity contribution in [1.82, 2.24) is 5.32 Å². The molecule has 2 N–H and O–H groups in total. The third kappa shape index (κ3) is 3.04. The van der Waals surface area contributed by atoms with Gasteiger partial charge < -0.3 is 15.3 Å². The van der Waals surface area contributed by atoms with E-state index in [1.807, 2.05) is 6.92 Å². The SMILES string of the molecule is CCNC(=O)c1ccc(N2CC(C(=O)O)CC2=O)c(C)c1. The number of nitrogens with one attached hydrogen (secondary N) is 1. The van der Waals surface area contributed by atoms with E-state index < -0.39 is 11.9 Å². The Morgan fingerprint density at radius 1 is 1.43 bits per heavy atom. The lowest BCUT2D eigenvalue weighted by molar-refractivity contribution is -0.141. The van der Waals surface area contributed by atoms with Crippen molar-refractivity contribution < 1.29 is 19.5 Å². The van der Waals surface area contributed by atoms with Crippen molar-refractivity contribution in [1.29, 1.82) is 0 Å². The topological polar surface area (TPSA) is 86.7 Å². The number of aliphatic carboxylic acids is 1. The molecule has 0 saturated carbocycles. The Labute approximate surface area is 122 Å². The zero-order chi connectivity index (χ0) is 15.6. The second-order valence-electron chi connectivity index (χ2n) is 5.10. The number of benzene rings is 1. The number of rotatable bonds is 4. The maximum atomic E-state index is 11.9. The highest BCUT2D eigenvalue weighted by Gasteiger charge is 2.35. The maximum Gasteiger partial charge on any atom is 0.308 e. The summed E-state index contributed by atoms with van der Waals surface area (Å²) in [4.78, 5) is 36.2. The van der Waals surface area contributed by atoms with Crippen LogP contribution in [0.2, 0.25) is 0 Å². The summed E-state index contributed by atoms with van der Waals surface area (Å²) < 4.78 is 0. The van der Waals surface area contributed by atoms with Gasteiger partial charge >= 0.3 is 5.97 Å². The normalized spacial score (nSPS) is 17.9. The molecule has 1 aromatic carbocycles. The van der Waals surface area contributed by atoms with Crippen LogP contribution in [0.3, 0.4) is 0 Å². The second kappa shape index (κ2) is 5.95. The van der Waals surface area contributed by atoms with E-state index in [4.69, 9.17) is 5.11 Å². The number of carboxylic acids is 1. The van der Waals surface area contributed by atoms with Crippen LogP contribution >= 0.6 is 0 Å². The molecular formula is C15H18N2O4. The van der Waals surface area contributed by atoms with E-state index in [-0.39, 0.29) is 24.8 Å². The van der Waals surface area contributed by atoms with Gasteiger partial charge in [-0.05, 0) is 37.6 Å². The number of nitrogens with zero attached hydrogens (tertiary/aromatic N) is 1. The molecular weight excluding hydrogens is 272 g/mol. The number of carboxylic acid groups (broad SMARTS) is 1. The summed E-state index contributed by atoms with van der Waals surface area (Å²) in [5, 5.41) is 11.7. The Hall–Kier alpha value is -2.37.